The summed E-state index contributed by atoms with van der Waals surface area (Å²) in [5.74, 6) is -2.99. The van der Waals surface area contributed by atoms with Gasteiger partial charge >= 0.3 is 5.97 Å². The maximum atomic E-state index is 13.5. The highest BCUT2D eigenvalue weighted by atomic mass is 32.2. The predicted molar refractivity (Wildman–Crippen MR) is 58.2 cm³/mol. The minimum Gasteiger partial charge on any atom is -0.508 e. The number of aliphatic hydroxyl groups is 1. The van der Waals surface area contributed by atoms with Crippen molar-refractivity contribution in [1.82, 2.24) is 0 Å². The maximum absolute atomic E-state index is 13.5. The zero-order valence-corrected chi connectivity index (χ0v) is 10.4. The van der Waals surface area contributed by atoms with Gasteiger partial charge in [-0.05, 0) is 6.07 Å². The molecule has 0 aliphatic rings. The van der Waals surface area contributed by atoms with Crippen molar-refractivity contribution < 1.29 is 32.6 Å². The highest BCUT2D eigenvalue weighted by Gasteiger charge is 2.25. The van der Waals surface area contributed by atoms with Crippen molar-refractivity contribution in [2.45, 2.75) is 11.0 Å². The van der Waals surface area contributed by atoms with Crippen molar-refractivity contribution in [3.63, 3.8) is 0 Å². The molecular weight excluding hydrogens is 267 g/mol. The van der Waals surface area contributed by atoms with Gasteiger partial charge in [0.25, 0.3) is 0 Å². The Morgan fingerprint density at radius 2 is 2.00 bits per heavy atom. The topological polar surface area (TPSA) is 101 Å². The van der Waals surface area contributed by atoms with Crippen LogP contribution in [-0.4, -0.2) is 38.0 Å². The Bertz CT molecular complexity index is 580. The van der Waals surface area contributed by atoms with Crippen LogP contribution in [0.4, 0.5) is 4.39 Å². The van der Waals surface area contributed by atoms with Crippen LogP contribution < -0.4 is 0 Å². The predicted octanol–water partition coefficient (Wildman–Crippen LogP) is 0.141. The number of phenols is 1. The highest BCUT2D eigenvalue weighted by Crippen LogP contribution is 2.30. The molecule has 1 atom stereocenters. The first-order valence-corrected chi connectivity index (χ1v) is 6.56. The van der Waals surface area contributed by atoms with Crippen LogP contribution in [0.3, 0.4) is 0 Å². The molecule has 0 fully saturated rings. The number of rotatable bonds is 3. The molecule has 100 valence electrons. The summed E-state index contributed by atoms with van der Waals surface area (Å²) in [6.07, 6.45) is -1.13. The second-order valence-electron chi connectivity index (χ2n) is 3.54. The Kier molecular flexibility index (Phi) is 3.92. The van der Waals surface area contributed by atoms with E-state index in [-0.39, 0.29) is 0 Å². The van der Waals surface area contributed by atoms with E-state index in [2.05, 4.69) is 4.74 Å². The van der Waals surface area contributed by atoms with Gasteiger partial charge in [0.15, 0.2) is 15.9 Å². The fourth-order valence-electron chi connectivity index (χ4n) is 1.30. The SMILES string of the molecule is COC(=O)C(O)c1cc(F)c(S(C)(=O)=O)cc1O. The first kappa shape index (κ1) is 14.4. The van der Waals surface area contributed by atoms with Crippen LogP contribution in [0.25, 0.3) is 0 Å². The molecular formula is C10H11FO6S. The van der Waals surface area contributed by atoms with Crippen molar-refractivity contribution in [2.24, 2.45) is 0 Å². The van der Waals surface area contributed by atoms with Gasteiger partial charge in [0.05, 0.1) is 7.11 Å². The average molecular weight is 278 g/mol. The van der Waals surface area contributed by atoms with E-state index >= 15 is 0 Å². The molecule has 2 N–H and O–H groups in total. The minimum atomic E-state index is -3.86. The minimum absolute atomic E-state index is 0.466. The number of carbonyl (C=O) groups is 1. The van der Waals surface area contributed by atoms with Gasteiger partial charge in [0.1, 0.15) is 16.5 Å². The molecule has 1 aromatic rings. The quantitative estimate of drug-likeness (QED) is 0.763. The lowest BCUT2D eigenvalue weighted by atomic mass is 10.1. The lowest BCUT2D eigenvalue weighted by molar-refractivity contribution is -0.150. The van der Waals surface area contributed by atoms with Gasteiger partial charge in [-0.3, -0.25) is 0 Å². The van der Waals surface area contributed by atoms with Crippen molar-refractivity contribution >= 4 is 15.8 Å². The molecule has 18 heavy (non-hydrogen) atoms. The van der Waals surface area contributed by atoms with Gasteiger partial charge in [-0.1, -0.05) is 0 Å². The van der Waals surface area contributed by atoms with Gasteiger partial charge in [0, 0.05) is 17.9 Å². The normalized spacial score (nSPS) is 13.1. The van der Waals surface area contributed by atoms with Gasteiger partial charge in [-0.15, -0.1) is 0 Å². The summed E-state index contributed by atoms with van der Waals surface area (Å²) in [5.41, 5.74) is -0.466. The molecule has 0 radical (unpaired) electrons. The van der Waals surface area contributed by atoms with Gasteiger partial charge in [0.2, 0.25) is 0 Å². The smallest absolute Gasteiger partial charge is 0.339 e. The molecule has 0 saturated heterocycles. The number of carbonyl (C=O) groups excluding carboxylic acids is 1. The highest BCUT2D eigenvalue weighted by molar-refractivity contribution is 7.90. The molecule has 0 amide bonds. The largest absolute Gasteiger partial charge is 0.508 e. The van der Waals surface area contributed by atoms with Crippen LogP contribution >= 0.6 is 0 Å². The molecule has 6 nitrogen and oxygen atoms in total. The Morgan fingerprint density at radius 3 is 2.44 bits per heavy atom. The maximum Gasteiger partial charge on any atom is 0.339 e. The lowest BCUT2D eigenvalue weighted by Gasteiger charge is -2.12. The van der Waals surface area contributed by atoms with Crippen molar-refractivity contribution in [2.75, 3.05) is 13.4 Å². The zero-order valence-electron chi connectivity index (χ0n) is 9.55. The van der Waals surface area contributed by atoms with Crippen molar-refractivity contribution in [3.05, 3.63) is 23.5 Å². The standard InChI is InChI=1S/C10H11FO6S/c1-17-10(14)9(13)5-3-6(11)8(4-7(5)12)18(2,15)16/h3-4,9,12-13H,1-2H3. The van der Waals surface area contributed by atoms with Gasteiger partial charge in [-0.25, -0.2) is 17.6 Å². The van der Waals surface area contributed by atoms with E-state index in [4.69, 9.17) is 0 Å². The molecule has 1 unspecified atom stereocenters. The third-order valence-electron chi connectivity index (χ3n) is 2.20. The van der Waals surface area contributed by atoms with E-state index in [9.17, 15) is 27.8 Å². The van der Waals surface area contributed by atoms with Crippen molar-refractivity contribution in [3.8, 4) is 5.75 Å². The number of hydrogen-bond acceptors (Lipinski definition) is 6. The number of sulfone groups is 1. The molecule has 0 spiro atoms. The number of ether oxygens (including phenoxy) is 1. The number of benzene rings is 1. The molecule has 0 aromatic heterocycles. The second-order valence-corrected chi connectivity index (χ2v) is 5.52. The fourth-order valence-corrected chi connectivity index (χ4v) is 2.04. The van der Waals surface area contributed by atoms with Crippen LogP contribution in [-0.2, 0) is 19.4 Å². The number of aliphatic hydroxyl groups excluding tert-OH is 1. The molecule has 0 saturated carbocycles. The molecule has 1 rings (SSSR count). The van der Waals surface area contributed by atoms with E-state index in [1.807, 2.05) is 0 Å². The average Bonchev–Trinajstić information content (AvgIpc) is 2.28. The summed E-state index contributed by atoms with van der Waals surface area (Å²) in [6.45, 7) is 0. The number of esters is 1. The summed E-state index contributed by atoms with van der Waals surface area (Å²) < 4.78 is 40.1. The molecule has 8 heteroatoms. The van der Waals surface area contributed by atoms with Crippen LogP contribution in [0.15, 0.2) is 17.0 Å². The number of aromatic hydroxyl groups is 1. The summed E-state index contributed by atoms with van der Waals surface area (Å²) in [6, 6.07) is 1.21. The van der Waals surface area contributed by atoms with Crippen LogP contribution in [0.1, 0.15) is 11.7 Å². The van der Waals surface area contributed by atoms with E-state index in [1.54, 1.807) is 0 Å². The Morgan fingerprint density at radius 1 is 1.44 bits per heavy atom. The van der Waals surface area contributed by atoms with E-state index in [0.29, 0.717) is 12.1 Å². The van der Waals surface area contributed by atoms with Crippen molar-refractivity contribution in [1.29, 1.82) is 0 Å². The van der Waals surface area contributed by atoms with Gasteiger partial charge in [-0.2, -0.15) is 0 Å². The zero-order chi connectivity index (χ0) is 14.1. The lowest BCUT2D eigenvalue weighted by Crippen LogP contribution is -2.14. The summed E-state index contributed by atoms with van der Waals surface area (Å²) in [5, 5.41) is 18.9. The van der Waals surface area contributed by atoms with Crippen LogP contribution in [0, 0.1) is 5.82 Å². The Hall–Kier alpha value is -1.67. The summed E-state index contributed by atoms with van der Waals surface area (Å²) >= 11 is 0. The van der Waals surface area contributed by atoms with Gasteiger partial charge < -0.3 is 14.9 Å². The van der Waals surface area contributed by atoms with Crippen LogP contribution in [0.5, 0.6) is 5.75 Å². The third-order valence-corrected chi connectivity index (χ3v) is 3.31. The first-order valence-electron chi connectivity index (χ1n) is 4.67. The van der Waals surface area contributed by atoms with Crippen LogP contribution in [0.2, 0.25) is 0 Å². The third kappa shape index (κ3) is 2.77. The molecule has 0 heterocycles. The van der Waals surface area contributed by atoms with E-state index < -0.39 is 43.9 Å². The second kappa shape index (κ2) is 4.91. The number of halogens is 1. The van der Waals surface area contributed by atoms with E-state index in [0.717, 1.165) is 13.4 Å². The first-order chi connectivity index (χ1) is 8.18. The Balaban J connectivity index is 3.36. The molecule has 0 aliphatic carbocycles. The molecule has 0 bridgehead atoms. The fraction of sp³-hybridized carbons (Fsp3) is 0.300. The number of methoxy groups -OCH3 is 1. The molecule has 1 aromatic carbocycles. The summed E-state index contributed by atoms with van der Waals surface area (Å²) in [7, 11) is -2.85. The monoisotopic (exact) mass is 278 g/mol. The summed E-state index contributed by atoms with van der Waals surface area (Å²) in [4.78, 5) is 10.3. The number of phenolic OH excluding ortho intramolecular Hbond substituents is 1. The Labute approximate surface area is 103 Å². The number of hydrogen-bond donors (Lipinski definition) is 2. The molecule has 0 aliphatic heterocycles. The van der Waals surface area contributed by atoms with E-state index in [1.165, 1.54) is 0 Å².